The molecule has 0 aliphatic carbocycles. The van der Waals surface area contributed by atoms with Gasteiger partial charge in [-0.05, 0) is 31.0 Å². The first-order valence-corrected chi connectivity index (χ1v) is 8.99. The summed E-state index contributed by atoms with van der Waals surface area (Å²) in [4.78, 5) is 20.3. The number of methoxy groups -OCH3 is 1. The SMILES string of the molecule is COCCN1CCCN(C(=O)[C@@H](N)Cc2c[nH]c3ccccc23)CC1. The molecule has 1 aliphatic rings. The molecule has 0 spiro atoms. The number of benzene rings is 1. The summed E-state index contributed by atoms with van der Waals surface area (Å²) >= 11 is 0. The second-order valence-electron chi connectivity index (χ2n) is 6.68. The Morgan fingerprint density at radius 2 is 2.12 bits per heavy atom. The zero-order chi connectivity index (χ0) is 17.6. The van der Waals surface area contributed by atoms with Gasteiger partial charge in [0, 0.05) is 50.4 Å². The Bertz CT molecular complexity index is 700. The highest BCUT2D eigenvalue weighted by molar-refractivity contribution is 5.86. The Hall–Kier alpha value is -1.89. The fourth-order valence-corrected chi connectivity index (χ4v) is 3.49. The van der Waals surface area contributed by atoms with E-state index >= 15 is 0 Å². The summed E-state index contributed by atoms with van der Waals surface area (Å²) in [6.45, 7) is 5.06. The number of para-hydroxylation sites is 1. The maximum atomic E-state index is 12.8. The van der Waals surface area contributed by atoms with Crippen LogP contribution in [0.25, 0.3) is 10.9 Å². The molecule has 0 unspecified atom stereocenters. The molecule has 1 atom stereocenters. The highest BCUT2D eigenvalue weighted by atomic mass is 16.5. The molecule has 0 radical (unpaired) electrons. The molecule has 25 heavy (non-hydrogen) atoms. The van der Waals surface area contributed by atoms with Crippen molar-refractivity contribution in [2.75, 3.05) is 46.4 Å². The molecule has 6 heteroatoms. The number of nitrogens with one attached hydrogen (secondary N) is 1. The zero-order valence-electron chi connectivity index (χ0n) is 14.9. The number of aromatic amines is 1. The summed E-state index contributed by atoms with van der Waals surface area (Å²) in [6.07, 6.45) is 3.51. The molecular formula is C19H28N4O2. The minimum Gasteiger partial charge on any atom is -0.383 e. The molecule has 6 nitrogen and oxygen atoms in total. The molecule has 0 bridgehead atoms. The minimum absolute atomic E-state index is 0.0545. The number of fused-ring (bicyclic) bond motifs is 1. The Morgan fingerprint density at radius 3 is 2.96 bits per heavy atom. The van der Waals surface area contributed by atoms with Gasteiger partial charge in [0.05, 0.1) is 12.6 Å². The van der Waals surface area contributed by atoms with E-state index in [2.05, 4.69) is 16.0 Å². The van der Waals surface area contributed by atoms with E-state index < -0.39 is 6.04 Å². The van der Waals surface area contributed by atoms with Crippen LogP contribution in [0.3, 0.4) is 0 Å². The maximum Gasteiger partial charge on any atom is 0.239 e. The summed E-state index contributed by atoms with van der Waals surface area (Å²) in [6, 6.07) is 7.62. The number of carbonyl (C=O) groups excluding carboxylic acids is 1. The molecule has 0 saturated carbocycles. The van der Waals surface area contributed by atoms with Crippen LogP contribution in [0, 0.1) is 0 Å². The first kappa shape index (κ1) is 17.9. The van der Waals surface area contributed by atoms with Crippen molar-refractivity contribution in [2.24, 2.45) is 5.73 Å². The van der Waals surface area contributed by atoms with Crippen LogP contribution in [-0.2, 0) is 16.0 Å². The number of nitrogens with two attached hydrogens (primary N) is 1. The highest BCUT2D eigenvalue weighted by Gasteiger charge is 2.24. The van der Waals surface area contributed by atoms with E-state index in [-0.39, 0.29) is 5.91 Å². The van der Waals surface area contributed by atoms with Gasteiger partial charge in [-0.15, -0.1) is 0 Å². The molecule has 1 saturated heterocycles. The van der Waals surface area contributed by atoms with Crippen LogP contribution in [0.15, 0.2) is 30.5 Å². The van der Waals surface area contributed by atoms with E-state index in [1.807, 2.05) is 29.3 Å². The van der Waals surface area contributed by atoms with E-state index in [4.69, 9.17) is 10.5 Å². The molecule has 1 aromatic carbocycles. The molecular weight excluding hydrogens is 316 g/mol. The van der Waals surface area contributed by atoms with Crippen LogP contribution in [-0.4, -0.2) is 73.2 Å². The Labute approximate surface area is 148 Å². The lowest BCUT2D eigenvalue weighted by atomic mass is 10.0. The number of ether oxygens (including phenoxy) is 1. The van der Waals surface area contributed by atoms with Gasteiger partial charge < -0.3 is 20.4 Å². The second-order valence-corrected chi connectivity index (χ2v) is 6.68. The van der Waals surface area contributed by atoms with Crippen LogP contribution >= 0.6 is 0 Å². The number of aromatic nitrogens is 1. The topological polar surface area (TPSA) is 74.6 Å². The van der Waals surface area contributed by atoms with Crippen molar-refractivity contribution in [3.63, 3.8) is 0 Å². The van der Waals surface area contributed by atoms with Crippen molar-refractivity contribution >= 4 is 16.8 Å². The Morgan fingerprint density at radius 1 is 1.28 bits per heavy atom. The molecule has 1 aliphatic heterocycles. The van der Waals surface area contributed by atoms with Crippen LogP contribution in [0.4, 0.5) is 0 Å². The van der Waals surface area contributed by atoms with Crippen LogP contribution in [0.1, 0.15) is 12.0 Å². The minimum atomic E-state index is -0.496. The van der Waals surface area contributed by atoms with Crippen molar-refractivity contribution < 1.29 is 9.53 Å². The second kappa shape index (κ2) is 8.47. The quantitative estimate of drug-likeness (QED) is 0.826. The predicted molar refractivity (Wildman–Crippen MR) is 99.5 cm³/mol. The third-order valence-electron chi connectivity index (χ3n) is 4.94. The van der Waals surface area contributed by atoms with Gasteiger partial charge in [-0.25, -0.2) is 0 Å². The third kappa shape index (κ3) is 4.39. The van der Waals surface area contributed by atoms with E-state index in [9.17, 15) is 4.79 Å². The number of amides is 1. The molecule has 3 rings (SSSR count). The van der Waals surface area contributed by atoms with E-state index in [1.54, 1.807) is 7.11 Å². The van der Waals surface area contributed by atoms with Gasteiger partial charge in [0.25, 0.3) is 0 Å². The first-order chi connectivity index (χ1) is 12.2. The van der Waals surface area contributed by atoms with Crippen molar-refractivity contribution in [3.05, 3.63) is 36.0 Å². The molecule has 3 N–H and O–H groups in total. The number of hydrogen-bond donors (Lipinski definition) is 2. The van der Waals surface area contributed by atoms with Crippen molar-refractivity contribution in [1.29, 1.82) is 0 Å². The lowest BCUT2D eigenvalue weighted by Crippen LogP contribution is -2.46. The third-order valence-corrected chi connectivity index (χ3v) is 4.94. The van der Waals surface area contributed by atoms with Gasteiger partial charge in [0.2, 0.25) is 5.91 Å². The molecule has 2 heterocycles. The summed E-state index contributed by atoms with van der Waals surface area (Å²) in [7, 11) is 1.72. The standard InChI is InChI=1S/C19H28N4O2/c1-25-12-11-22-7-4-8-23(10-9-22)19(24)17(20)13-15-14-21-18-6-3-2-5-16(15)18/h2-3,5-6,14,17,21H,4,7-13,20H2,1H3/t17-/m0/s1. The summed E-state index contributed by atoms with van der Waals surface area (Å²) in [5, 5.41) is 1.15. The van der Waals surface area contributed by atoms with E-state index in [0.29, 0.717) is 6.42 Å². The van der Waals surface area contributed by atoms with Gasteiger partial charge in [0.1, 0.15) is 0 Å². The van der Waals surface area contributed by atoms with Gasteiger partial charge >= 0.3 is 0 Å². The van der Waals surface area contributed by atoms with Crippen LogP contribution in [0.5, 0.6) is 0 Å². The number of nitrogens with zero attached hydrogens (tertiary/aromatic N) is 2. The zero-order valence-corrected chi connectivity index (χ0v) is 14.9. The number of rotatable bonds is 6. The average Bonchev–Trinajstić information content (AvgIpc) is 2.88. The first-order valence-electron chi connectivity index (χ1n) is 8.99. The largest absolute Gasteiger partial charge is 0.383 e. The average molecular weight is 344 g/mol. The number of hydrogen-bond acceptors (Lipinski definition) is 4. The predicted octanol–water partition coefficient (Wildman–Crippen LogP) is 1.22. The summed E-state index contributed by atoms with van der Waals surface area (Å²) < 4.78 is 5.15. The molecule has 1 aromatic heterocycles. The summed E-state index contributed by atoms with van der Waals surface area (Å²) in [5.74, 6) is 0.0545. The molecule has 1 amide bonds. The normalized spacial score (nSPS) is 17.6. The van der Waals surface area contributed by atoms with E-state index in [1.165, 1.54) is 0 Å². The maximum absolute atomic E-state index is 12.8. The fraction of sp³-hybridized carbons (Fsp3) is 0.526. The monoisotopic (exact) mass is 344 g/mol. The Balaban J connectivity index is 1.58. The Kier molecular flexibility index (Phi) is 6.07. The number of H-pyrrole nitrogens is 1. The fourth-order valence-electron chi connectivity index (χ4n) is 3.49. The molecule has 136 valence electrons. The van der Waals surface area contributed by atoms with Crippen LogP contribution < -0.4 is 5.73 Å². The smallest absolute Gasteiger partial charge is 0.239 e. The highest BCUT2D eigenvalue weighted by Crippen LogP contribution is 2.19. The van der Waals surface area contributed by atoms with Crippen molar-refractivity contribution in [2.45, 2.75) is 18.9 Å². The lowest BCUT2D eigenvalue weighted by Gasteiger charge is -2.24. The molecule has 1 fully saturated rings. The van der Waals surface area contributed by atoms with Gasteiger partial charge in [-0.2, -0.15) is 0 Å². The number of carbonyl (C=O) groups is 1. The van der Waals surface area contributed by atoms with Crippen molar-refractivity contribution in [3.8, 4) is 0 Å². The van der Waals surface area contributed by atoms with E-state index in [0.717, 1.165) is 62.2 Å². The van der Waals surface area contributed by atoms with Crippen LogP contribution in [0.2, 0.25) is 0 Å². The van der Waals surface area contributed by atoms with Gasteiger partial charge in [-0.1, -0.05) is 18.2 Å². The van der Waals surface area contributed by atoms with Crippen molar-refractivity contribution in [1.82, 2.24) is 14.8 Å². The van der Waals surface area contributed by atoms with Gasteiger partial charge in [-0.3, -0.25) is 9.69 Å². The molecule has 2 aromatic rings. The van der Waals surface area contributed by atoms with Gasteiger partial charge in [0.15, 0.2) is 0 Å². The summed E-state index contributed by atoms with van der Waals surface area (Å²) in [5.41, 5.74) is 8.45. The lowest BCUT2D eigenvalue weighted by molar-refractivity contribution is -0.132.